The fourth-order valence-corrected chi connectivity index (χ4v) is 4.47. The van der Waals surface area contributed by atoms with Crippen molar-refractivity contribution in [3.63, 3.8) is 0 Å². The Morgan fingerprint density at radius 1 is 1.35 bits per heavy atom. The Hall–Kier alpha value is -0.170. The second-order valence-electron chi connectivity index (χ2n) is 5.20. The molecule has 5 nitrogen and oxygen atoms in total. The largest absolute Gasteiger partial charge is 0.391 e. The Kier molecular flexibility index (Phi) is 4.07. The summed E-state index contributed by atoms with van der Waals surface area (Å²) < 4.78 is 26.2. The molecule has 3 atom stereocenters. The van der Waals surface area contributed by atoms with E-state index in [1.54, 1.807) is 0 Å². The van der Waals surface area contributed by atoms with Crippen molar-refractivity contribution in [3.8, 4) is 0 Å². The Balaban J connectivity index is 2.04. The molecule has 3 unspecified atom stereocenters. The molecule has 2 aliphatic rings. The number of nitrogens with zero attached hydrogens (tertiary/aromatic N) is 1. The molecule has 2 saturated heterocycles. The van der Waals surface area contributed by atoms with Gasteiger partial charge in [0.2, 0.25) is 10.0 Å². The third kappa shape index (κ3) is 2.81. The van der Waals surface area contributed by atoms with Gasteiger partial charge >= 0.3 is 0 Å². The molecule has 2 N–H and O–H groups in total. The zero-order chi connectivity index (χ0) is 12.5. The van der Waals surface area contributed by atoms with Crippen LogP contribution in [0.5, 0.6) is 0 Å². The standard InChI is InChI=1S/C11H22N2O3S/c1-9-4-6-13(8-11(9)14)17(15,16)10-3-2-5-12-7-10/h9-12,14H,2-8H2,1H3. The van der Waals surface area contributed by atoms with Crippen molar-refractivity contribution >= 4 is 10.0 Å². The minimum atomic E-state index is -3.23. The number of hydrogen-bond donors (Lipinski definition) is 2. The molecule has 17 heavy (non-hydrogen) atoms. The molecule has 2 aliphatic heterocycles. The quantitative estimate of drug-likeness (QED) is 0.721. The lowest BCUT2D eigenvalue weighted by Gasteiger charge is -2.36. The fourth-order valence-electron chi connectivity index (χ4n) is 2.54. The summed E-state index contributed by atoms with van der Waals surface area (Å²) in [5, 5.41) is 12.6. The molecule has 2 rings (SSSR count). The summed E-state index contributed by atoms with van der Waals surface area (Å²) in [6.07, 6.45) is 1.88. The van der Waals surface area contributed by atoms with Gasteiger partial charge in [-0.3, -0.25) is 0 Å². The van der Waals surface area contributed by atoms with Crippen LogP contribution >= 0.6 is 0 Å². The van der Waals surface area contributed by atoms with Gasteiger partial charge in [0, 0.05) is 19.6 Å². The first-order chi connectivity index (χ1) is 8.01. The fraction of sp³-hybridized carbons (Fsp3) is 1.00. The van der Waals surface area contributed by atoms with Crippen molar-refractivity contribution in [2.45, 2.75) is 37.5 Å². The summed E-state index contributed by atoms with van der Waals surface area (Å²) in [4.78, 5) is 0. The van der Waals surface area contributed by atoms with Crippen molar-refractivity contribution < 1.29 is 13.5 Å². The number of aliphatic hydroxyl groups excluding tert-OH is 1. The zero-order valence-corrected chi connectivity index (χ0v) is 11.1. The topological polar surface area (TPSA) is 69.6 Å². The molecule has 2 fully saturated rings. The SMILES string of the molecule is CC1CCN(S(=O)(=O)C2CCCNC2)CC1O. The number of β-amino-alcohol motifs (C(OH)–C–C–N with tert-alkyl or cyclic N) is 1. The zero-order valence-electron chi connectivity index (χ0n) is 10.3. The highest BCUT2D eigenvalue weighted by molar-refractivity contribution is 7.89. The van der Waals surface area contributed by atoms with E-state index in [9.17, 15) is 13.5 Å². The van der Waals surface area contributed by atoms with E-state index in [1.165, 1.54) is 4.31 Å². The van der Waals surface area contributed by atoms with E-state index in [2.05, 4.69) is 5.32 Å². The molecular formula is C11H22N2O3S. The van der Waals surface area contributed by atoms with Crippen LogP contribution < -0.4 is 5.32 Å². The Morgan fingerprint density at radius 3 is 2.71 bits per heavy atom. The molecule has 0 bridgehead atoms. The minimum absolute atomic E-state index is 0.200. The number of piperidine rings is 2. The summed E-state index contributed by atoms with van der Waals surface area (Å²) >= 11 is 0. The summed E-state index contributed by atoms with van der Waals surface area (Å²) in [7, 11) is -3.23. The highest BCUT2D eigenvalue weighted by Gasteiger charge is 2.37. The monoisotopic (exact) mass is 262 g/mol. The molecule has 0 spiro atoms. The van der Waals surface area contributed by atoms with Gasteiger partial charge in [-0.1, -0.05) is 6.92 Å². The van der Waals surface area contributed by atoms with E-state index in [1.807, 2.05) is 6.92 Å². The van der Waals surface area contributed by atoms with E-state index in [0.717, 1.165) is 25.8 Å². The van der Waals surface area contributed by atoms with Crippen LogP contribution in [0.2, 0.25) is 0 Å². The molecule has 0 aromatic heterocycles. The number of nitrogens with one attached hydrogen (secondary N) is 1. The number of rotatable bonds is 2. The molecule has 0 aromatic rings. The Morgan fingerprint density at radius 2 is 2.12 bits per heavy atom. The summed E-state index contributed by atoms with van der Waals surface area (Å²) in [5.74, 6) is 0.200. The van der Waals surface area contributed by atoms with Crippen LogP contribution in [-0.4, -0.2) is 55.4 Å². The summed E-state index contributed by atoms with van der Waals surface area (Å²) in [6.45, 7) is 4.24. The number of sulfonamides is 1. The Bertz CT molecular complexity index is 352. The van der Waals surface area contributed by atoms with E-state index >= 15 is 0 Å². The molecule has 0 aliphatic carbocycles. The van der Waals surface area contributed by atoms with E-state index in [4.69, 9.17) is 0 Å². The molecule has 6 heteroatoms. The minimum Gasteiger partial charge on any atom is -0.391 e. The van der Waals surface area contributed by atoms with Gasteiger partial charge < -0.3 is 10.4 Å². The summed E-state index contributed by atoms with van der Waals surface area (Å²) in [6, 6.07) is 0. The maximum Gasteiger partial charge on any atom is 0.218 e. The van der Waals surface area contributed by atoms with Crippen LogP contribution in [0.3, 0.4) is 0 Å². The molecule has 0 saturated carbocycles. The molecule has 2 heterocycles. The predicted octanol–water partition coefficient (Wildman–Crippen LogP) is -0.229. The van der Waals surface area contributed by atoms with Crippen LogP contribution in [0.4, 0.5) is 0 Å². The first kappa shape index (κ1) is 13.3. The van der Waals surface area contributed by atoms with Crippen LogP contribution in [0.1, 0.15) is 26.2 Å². The van der Waals surface area contributed by atoms with Crippen molar-refractivity contribution in [1.82, 2.24) is 9.62 Å². The highest BCUT2D eigenvalue weighted by atomic mass is 32.2. The van der Waals surface area contributed by atoms with Crippen LogP contribution in [0.15, 0.2) is 0 Å². The number of aliphatic hydroxyl groups is 1. The maximum atomic E-state index is 12.4. The average Bonchev–Trinajstić information content (AvgIpc) is 2.33. The third-order valence-corrected chi connectivity index (χ3v) is 6.21. The second kappa shape index (κ2) is 5.22. The smallest absolute Gasteiger partial charge is 0.218 e. The van der Waals surface area contributed by atoms with Gasteiger partial charge in [0.1, 0.15) is 0 Å². The first-order valence-electron chi connectivity index (χ1n) is 6.39. The van der Waals surface area contributed by atoms with E-state index in [0.29, 0.717) is 13.1 Å². The second-order valence-corrected chi connectivity index (χ2v) is 7.42. The van der Waals surface area contributed by atoms with Crippen LogP contribution in [0, 0.1) is 5.92 Å². The van der Waals surface area contributed by atoms with Gasteiger partial charge in [-0.15, -0.1) is 0 Å². The lowest BCUT2D eigenvalue weighted by molar-refractivity contribution is 0.0600. The predicted molar refractivity (Wildman–Crippen MR) is 66.2 cm³/mol. The van der Waals surface area contributed by atoms with Crippen molar-refractivity contribution in [3.05, 3.63) is 0 Å². The van der Waals surface area contributed by atoms with Gasteiger partial charge in [-0.05, 0) is 31.7 Å². The molecule has 0 aromatic carbocycles. The summed E-state index contributed by atoms with van der Waals surface area (Å²) in [5.41, 5.74) is 0. The molecule has 100 valence electrons. The highest BCUT2D eigenvalue weighted by Crippen LogP contribution is 2.23. The van der Waals surface area contributed by atoms with Crippen LogP contribution in [-0.2, 0) is 10.0 Å². The van der Waals surface area contributed by atoms with Crippen molar-refractivity contribution in [2.75, 3.05) is 26.2 Å². The molecule has 0 amide bonds. The van der Waals surface area contributed by atoms with Crippen molar-refractivity contribution in [2.24, 2.45) is 5.92 Å². The van der Waals surface area contributed by atoms with Gasteiger partial charge in [0.25, 0.3) is 0 Å². The van der Waals surface area contributed by atoms with Crippen molar-refractivity contribution in [1.29, 1.82) is 0 Å². The van der Waals surface area contributed by atoms with Crippen LogP contribution in [0.25, 0.3) is 0 Å². The van der Waals surface area contributed by atoms with Gasteiger partial charge in [-0.25, -0.2) is 8.42 Å². The van der Waals surface area contributed by atoms with Gasteiger partial charge in [-0.2, -0.15) is 4.31 Å². The third-order valence-electron chi connectivity index (χ3n) is 3.91. The number of hydrogen-bond acceptors (Lipinski definition) is 4. The lowest BCUT2D eigenvalue weighted by atomic mass is 9.98. The maximum absolute atomic E-state index is 12.4. The van der Waals surface area contributed by atoms with E-state index in [-0.39, 0.29) is 17.7 Å². The van der Waals surface area contributed by atoms with E-state index < -0.39 is 16.1 Å². The normalized spacial score (nSPS) is 36.9. The van der Waals surface area contributed by atoms with Gasteiger partial charge in [0.05, 0.1) is 11.4 Å². The average molecular weight is 262 g/mol. The van der Waals surface area contributed by atoms with Gasteiger partial charge in [0.15, 0.2) is 0 Å². The molecule has 0 radical (unpaired) electrons. The molecular weight excluding hydrogens is 240 g/mol. The Labute approximate surface area is 103 Å². The lowest BCUT2D eigenvalue weighted by Crippen LogP contribution is -2.51. The first-order valence-corrected chi connectivity index (χ1v) is 7.90.